The molecule has 1 fully saturated rings. The third-order valence-corrected chi connectivity index (χ3v) is 7.51. The Hall–Kier alpha value is -4.40. The minimum absolute atomic E-state index is 0.00957. The van der Waals surface area contributed by atoms with Gasteiger partial charge in [0.05, 0.1) is 20.1 Å². The van der Waals surface area contributed by atoms with Crippen molar-refractivity contribution < 1.29 is 33.3 Å². The van der Waals surface area contributed by atoms with E-state index in [0.717, 1.165) is 29.5 Å². The number of aromatic nitrogens is 1. The first kappa shape index (κ1) is 24.9. The van der Waals surface area contributed by atoms with Crippen molar-refractivity contribution in [2.75, 3.05) is 34.1 Å². The zero-order valence-corrected chi connectivity index (χ0v) is 21.9. The lowest BCUT2D eigenvalue weighted by Gasteiger charge is -2.33. The maximum atomic E-state index is 13.8. The molecule has 6 rings (SSSR count). The lowest BCUT2D eigenvalue weighted by atomic mass is 9.86. The van der Waals surface area contributed by atoms with Crippen LogP contribution >= 0.6 is 0 Å². The second-order valence-electron chi connectivity index (χ2n) is 9.83. The summed E-state index contributed by atoms with van der Waals surface area (Å²) < 4.78 is 28.1. The van der Waals surface area contributed by atoms with Gasteiger partial charge in [-0.25, -0.2) is 4.98 Å². The van der Waals surface area contributed by atoms with Crippen molar-refractivity contribution >= 4 is 17.0 Å². The topological polar surface area (TPSA) is 103 Å². The highest BCUT2D eigenvalue weighted by Crippen LogP contribution is 2.45. The monoisotopic (exact) mass is 530 g/mol. The van der Waals surface area contributed by atoms with Crippen molar-refractivity contribution in [3.05, 3.63) is 71.6 Å². The van der Waals surface area contributed by atoms with Gasteiger partial charge in [0.2, 0.25) is 12.7 Å². The van der Waals surface area contributed by atoms with Crippen LogP contribution in [0.3, 0.4) is 0 Å². The summed E-state index contributed by atoms with van der Waals surface area (Å²) in [5.41, 5.74) is 2.89. The van der Waals surface area contributed by atoms with E-state index in [-0.39, 0.29) is 30.8 Å². The summed E-state index contributed by atoms with van der Waals surface area (Å²) in [6, 6.07) is 16.5. The standard InChI is InChI=1S/C30H30N2O7/c1-35-20-13-23(33)29(27(14-20)36-2)21(18-9-10-25-26(12-18)38-17-37-25)15-28(34)32-11-5-6-19(16-32)30-31-22-7-3-4-8-24(22)39-30/h3-4,7-10,12-14,19,21,33H,5-6,11,15-17H2,1-2H3. The molecule has 202 valence electrons. The number of phenols is 1. The van der Waals surface area contributed by atoms with Crippen LogP contribution in [0.15, 0.2) is 59.0 Å². The number of amides is 1. The number of hydrogen-bond acceptors (Lipinski definition) is 8. The number of likely N-dealkylation sites (tertiary alicyclic amines) is 1. The first-order chi connectivity index (χ1) is 19.0. The van der Waals surface area contributed by atoms with Gasteiger partial charge < -0.3 is 33.4 Å². The van der Waals surface area contributed by atoms with Crippen LogP contribution in [0.4, 0.5) is 0 Å². The zero-order valence-electron chi connectivity index (χ0n) is 21.9. The minimum atomic E-state index is -0.502. The van der Waals surface area contributed by atoms with Gasteiger partial charge in [0, 0.05) is 43.1 Å². The normalized spacial score (nSPS) is 17.3. The molecule has 3 heterocycles. The molecule has 9 heteroatoms. The van der Waals surface area contributed by atoms with E-state index in [1.807, 2.05) is 47.4 Å². The number of phenolic OH excluding ortho intramolecular Hbond substituents is 1. The van der Waals surface area contributed by atoms with Crippen molar-refractivity contribution in [1.82, 2.24) is 9.88 Å². The fraction of sp³-hybridized carbons (Fsp3) is 0.333. The Morgan fingerprint density at radius 3 is 2.77 bits per heavy atom. The third kappa shape index (κ3) is 4.80. The average molecular weight is 531 g/mol. The number of oxazole rings is 1. The van der Waals surface area contributed by atoms with Gasteiger partial charge in [-0.1, -0.05) is 18.2 Å². The first-order valence-corrected chi connectivity index (χ1v) is 13.0. The van der Waals surface area contributed by atoms with E-state index in [9.17, 15) is 9.90 Å². The van der Waals surface area contributed by atoms with Crippen LogP contribution in [0.2, 0.25) is 0 Å². The second kappa shape index (κ2) is 10.4. The number of methoxy groups -OCH3 is 2. The summed E-state index contributed by atoms with van der Waals surface area (Å²) in [6.07, 6.45) is 1.87. The largest absolute Gasteiger partial charge is 0.507 e. The number of piperidine rings is 1. The molecule has 2 aliphatic rings. The van der Waals surface area contributed by atoms with Crippen LogP contribution in [-0.4, -0.2) is 55.0 Å². The summed E-state index contributed by atoms with van der Waals surface area (Å²) in [5.74, 6) is 2.28. The van der Waals surface area contributed by atoms with Crippen LogP contribution in [0.5, 0.6) is 28.7 Å². The first-order valence-electron chi connectivity index (χ1n) is 13.0. The molecule has 2 aliphatic heterocycles. The van der Waals surface area contributed by atoms with Crippen molar-refractivity contribution in [2.45, 2.75) is 31.1 Å². The van der Waals surface area contributed by atoms with Gasteiger partial charge in [0.25, 0.3) is 0 Å². The molecule has 1 amide bonds. The second-order valence-corrected chi connectivity index (χ2v) is 9.83. The number of para-hydroxylation sites is 2. The molecule has 1 aromatic heterocycles. The summed E-state index contributed by atoms with van der Waals surface area (Å²) in [5, 5.41) is 11.1. The molecule has 0 bridgehead atoms. The van der Waals surface area contributed by atoms with E-state index in [1.165, 1.54) is 20.3 Å². The smallest absolute Gasteiger partial charge is 0.231 e. The van der Waals surface area contributed by atoms with Gasteiger partial charge in [0.15, 0.2) is 23.0 Å². The van der Waals surface area contributed by atoms with Crippen LogP contribution in [0, 0.1) is 0 Å². The fourth-order valence-electron chi connectivity index (χ4n) is 5.51. The Labute approximate surface area is 225 Å². The molecular formula is C30H30N2O7. The summed E-state index contributed by atoms with van der Waals surface area (Å²) in [7, 11) is 3.06. The van der Waals surface area contributed by atoms with E-state index in [2.05, 4.69) is 4.98 Å². The van der Waals surface area contributed by atoms with E-state index in [0.29, 0.717) is 47.5 Å². The molecule has 1 N–H and O–H groups in total. The van der Waals surface area contributed by atoms with Crippen molar-refractivity contribution in [2.24, 2.45) is 0 Å². The van der Waals surface area contributed by atoms with Crippen LogP contribution in [0.25, 0.3) is 11.1 Å². The number of carbonyl (C=O) groups is 1. The Morgan fingerprint density at radius 1 is 1.10 bits per heavy atom. The highest BCUT2D eigenvalue weighted by molar-refractivity contribution is 5.79. The number of rotatable bonds is 7. The van der Waals surface area contributed by atoms with Gasteiger partial charge in [0.1, 0.15) is 22.8 Å². The molecule has 0 spiro atoms. The number of carbonyl (C=O) groups excluding carboxylic acids is 1. The number of ether oxygens (including phenoxy) is 4. The molecule has 2 atom stereocenters. The summed E-state index contributed by atoms with van der Waals surface area (Å²) in [6.45, 7) is 1.31. The molecule has 3 aromatic carbocycles. The van der Waals surface area contributed by atoms with E-state index < -0.39 is 5.92 Å². The Kier molecular flexibility index (Phi) is 6.64. The molecule has 0 saturated carbocycles. The molecule has 1 saturated heterocycles. The number of fused-ring (bicyclic) bond motifs is 2. The van der Waals surface area contributed by atoms with E-state index >= 15 is 0 Å². The maximum Gasteiger partial charge on any atom is 0.231 e. The molecule has 39 heavy (non-hydrogen) atoms. The maximum absolute atomic E-state index is 13.8. The molecular weight excluding hydrogens is 500 g/mol. The molecule has 0 aliphatic carbocycles. The zero-order chi connectivity index (χ0) is 26.9. The van der Waals surface area contributed by atoms with Crippen LogP contribution in [0.1, 0.15) is 48.1 Å². The minimum Gasteiger partial charge on any atom is -0.507 e. The molecule has 4 aromatic rings. The van der Waals surface area contributed by atoms with Crippen molar-refractivity contribution in [1.29, 1.82) is 0 Å². The van der Waals surface area contributed by atoms with E-state index in [1.54, 1.807) is 6.07 Å². The van der Waals surface area contributed by atoms with Crippen LogP contribution < -0.4 is 18.9 Å². The third-order valence-electron chi connectivity index (χ3n) is 7.51. The molecule has 0 radical (unpaired) electrons. The highest BCUT2D eigenvalue weighted by Gasteiger charge is 2.32. The Balaban J connectivity index is 1.31. The predicted octanol–water partition coefficient (Wildman–Crippen LogP) is 5.21. The van der Waals surface area contributed by atoms with Gasteiger partial charge >= 0.3 is 0 Å². The van der Waals surface area contributed by atoms with Crippen molar-refractivity contribution in [3.63, 3.8) is 0 Å². The highest BCUT2D eigenvalue weighted by atomic mass is 16.7. The quantitative estimate of drug-likeness (QED) is 0.348. The lowest BCUT2D eigenvalue weighted by Crippen LogP contribution is -2.39. The van der Waals surface area contributed by atoms with Gasteiger partial charge in [-0.05, 0) is 42.7 Å². The van der Waals surface area contributed by atoms with E-state index in [4.69, 9.17) is 23.4 Å². The fourth-order valence-corrected chi connectivity index (χ4v) is 5.51. The van der Waals surface area contributed by atoms with Gasteiger partial charge in [-0.3, -0.25) is 4.79 Å². The summed E-state index contributed by atoms with van der Waals surface area (Å²) in [4.78, 5) is 20.4. The van der Waals surface area contributed by atoms with Gasteiger partial charge in [-0.2, -0.15) is 0 Å². The van der Waals surface area contributed by atoms with Crippen LogP contribution in [-0.2, 0) is 4.79 Å². The summed E-state index contributed by atoms with van der Waals surface area (Å²) >= 11 is 0. The average Bonchev–Trinajstić information content (AvgIpc) is 3.62. The number of hydrogen-bond donors (Lipinski definition) is 1. The van der Waals surface area contributed by atoms with Gasteiger partial charge in [-0.15, -0.1) is 0 Å². The number of aromatic hydroxyl groups is 1. The number of nitrogens with zero attached hydrogens (tertiary/aromatic N) is 2. The number of benzene rings is 3. The van der Waals surface area contributed by atoms with Crippen molar-refractivity contribution in [3.8, 4) is 28.7 Å². The lowest BCUT2D eigenvalue weighted by molar-refractivity contribution is -0.132. The Morgan fingerprint density at radius 2 is 1.95 bits per heavy atom. The predicted molar refractivity (Wildman–Crippen MR) is 143 cm³/mol. The molecule has 2 unspecified atom stereocenters. The molecule has 9 nitrogen and oxygen atoms in total. The Bertz CT molecular complexity index is 1480. The SMILES string of the molecule is COc1cc(O)c(C(CC(=O)N2CCCC(c3nc4ccccc4o3)C2)c2ccc3c(c2)OCO3)c(OC)c1.